The van der Waals surface area contributed by atoms with E-state index in [4.69, 9.17) is 11.6 Å². The van der Waals surface area contributed by atoms with E-state index >= 15 is 0 Å². The van der Waals surface area contributed by atoms with Crippen molar-refractivity contribution in [3.05, 3.63) is 89.1 Å². The molecule has 11 nitrogen and oxygen atoms in total. The molecule has 0 saturated carbocycles. The first-order valence-corrected chi connectivity index (χ1v) is 12.2. The number of nitrogens with one attached hydrogen (secondary N) is 4. The molecule has 4 aromatic rings. The van der Waals surface area contributed by atoms with Gasteiger partial charge < -0.3 is 16.0 Å². The molecule has 0 fully saturated rings. The number of rotatable bonds is 8. The summed E-state index contributed by atoms with van der Waals surface area (Å²) in [6, 6.07) is 21.4. The second kappa shape index (κ2) is 11.1. The Morgan fingerprint density at radius 3 is 2.66 bits per heavy atom. The molecule has 0 saturated heterocycles. The molecule has 38 heavy (non-hydrogen) atoms. The molecule has 2 aromatic carbocycles. The van der Waals surface area contributed by atoms with Gasteiger partial charge in [-0.1, -0.05) is 47.2 Å². The summed E-state index contributed by atoms with van der Waals surface area (Å²) in [5.74, 6) is 0.170. The SMILES string of the molecule is CNc1cccc(-c2ccc(Cl)c(C(=O)Nc3cc(C(=O)NCC4CN=NN4)nn3-c3ccccc3)c2)n1. The lowest BCUT2D eigenvalue weighted by Crippen LogP contribution is -2.38. The van der Waals surface area contributed by atoms with Crippen molar-refractivity contribution in [3.8, 4) is 16.9 Å². The molecule has 1 aliphatic heterocycles. The molecule has 0 aliphatic carbocycles. The maximum atomic E-state index is 13.4. The first kappa shape index (κ1) is 24.9. The van der Waals surface area contributed by atoms with E-state index in [0.717, 1.165) is 5.56 Å². The van der Waals surface area contributed by atoms with Crippen LogP contribution in [0.5, 0.6) is 0 Å². The van der Waals surface area contributed by atoms with Gasteiger partial charge in [-0.05, 0) is 36.4 Å². The van der Waals surface area contributed by atoms with Crippen LogP contribution in [-0.2, 0) is 0 Å². The van der Waals surface area contributed by atoms with Crippen LogP contribution < -0.4 is 21.4 Å². The quantitative estimate of drug-likeness (QED) is 0.273. The summed E-state index contributed by atoms with van der Waals surface area (Å²) in [4.78, 5) is 30.8. The van der Waals surface area contributed by atoms with Crippen molar-refractivity contribution in [3.63, 3.8) is 0 Å². The minimum absolute atomic E-state index is 0.0768. The second-order valence-corrected chi connectivity index (χ2v) is 8.84. The fraction of sp³-hybridized carbons (Fsp3) is 0.154. The standard InChI is InChI=1S/C26H24ClN9O2/c1-28-23-9-5-8-21(31-23)16-10-11-20(27)19(12-16)25(37)32-24-13-22(26(38)29-14-17-15-30-35-33-17)34-36(24)18-6-3-2-4-7-18/h2-13,17H,14-15H2,1H3,(H,28,31)(H,29,38)(H,30,33)(H,32,37). The van der Waals surface area contributed by atoms with E-state index in [1.54, 1.807) is 25.2 Å². The molecular formula is C26H24ClN9O2. The van der Waals surface area contributed by atoms with Gasteiger partial charge in [0.25, 0.3) is 11.8 Å². The van der Waals surface area contributed by atoms with Gasteiger partial charge in [0.15, 0.2) is 5.69 Å². The number of anilines is 2. The van der Waals surface area contributed by atoms with Crippen molar-refractivity contribution in [2.75, 3.05) is 30.8 Å². The van der Waals surface area contributed by atoms with Crippen molar-refractivity contribution in [2.45, 2.75) is 6.04 Å². The smallest absolute Gasteiger partial charge is 0.271 e. The molecular weight excluding hydrogens is 506 g/mol. The van der Waals surface area contributed by atoms with E-state index in [9.17, 15) is 9.59 Å². The lowest BCUT2D eigenvalue weighted by molar-refractivity contribution is 0.0944. The third-order valence-electron chi connectivity index (χ3n) is 5.82. The first-order chi connectivity index (χ1) is 18.5. The summed E-state index contributed by atoms with van der Waals surface area (Å²) in [6.45, 7) is 0.811. The van der Waals surface area contributed by atoms with Gasteiger partial charge in [0, 0.05) is 25.2 Å². The van der Waals surface area contributed by atoms with Crippen LogP contribution in [0, 0.1) is 0 Å². The third-order valence-corrected chi connectivity index (χ3v) is 6.15. The normalized spacial score (nSPS) is 14.1. The average molecular weight is 530 g/mol. The number of pyridine rings is 1. The van der Waals surface area contributed by atoms with Gasteiger partial charge in [0.05, 0.1) is 34.6 Å². The van der Waals surface area contributed by atoms with E-state index in [-0.39, 0.29) is 28.2 Å². The summed E-state index contributed by atoms with van der Waals surface area (Å²) in [6.07, 6.45) is 0. The molecule has 1 aliphatic rings. The van der Waals surface area contributed by atoms with Crippen molar-refractivity contribution >= 4 is 35.1 Å². The van der Waals surface area contributed by atoms with Gasteiger partial charge in [-0.15, -0.1) is 0 Å². The number of hydrogen-bond acceptors (Lipinski definition) is 8. The highest BCUT2D eigenvalue weighted by Gasteiger charge is 2.21. The zero-order valence-electron chi connectivity index (χ0n) is 20.4. The summed E-state index contributed by atoms with van der Waals surface area (Å²) in [7, 11) is 1.79. The Hall–Kier alpha value is -4.77. The topological polar surface area (TPSA) is 138 Å². The summed E-state index contributed by atoms with van der Waals surface area (Å²) < 4.78 is 1.50. The Kier molecular flexibility index (Phi) is 7.27. The Labute approximate surface area is 223 Å². The maximum absolute atomic E-state index is 13.4. The predicted molar refractivity (Wildman–Crippen MR) is 145 cm³/mol. The fourth-order valence-corrected chi connectivity index (χ4v) is 4.05. The molecule has 0 radical (unpaired) electrons. The Balaban J connectivity index is 1.42. The molecule has 192 valence electrons. The highest BCUT2D eigenvalue weighted by molar-refractivity contribution is 6.34. The number of benzene rings is 2. The van der Waals surface area contributed by atoms with E-state index in [1.807, 2.05) is 48.5 Å². The van der Waals surface area contributed by atoms with Gasteiger partial charge in [-0.3, -0.25) is 15.0 Å². The molecule has 0 spiro atoms. The number of carbonyl (C=O) groups excluding carboxylic acids is 2. The van der Waals surface area contributed by atoms with Gasteiger partial charge in [-0.2, -0.15) is 10.2 Å². The molecule has 1 unspecified atom stereocenters. The van der Waals surface area contributed by atoms with Gasteiger partial charge >= 0.3 is 0 Å². The molecule has 5 rings (SSSR count). The number of para-hydroxylation sites is 1. The fourth-order valence-electron chi connectivity index (χ4n) is 3.84. The summed E-state index contributed by atoms with van der Waals surface area (Å²) in [5, 5.41) is 21.0. The minimum Gasteiger partial charge on any atom is -0.373 e. The van der Waals surface area contributed by atoms with Crippen LogP contribution in [0.25, 0.3) is 16.9 Å². The van der Waals surface area contributed by atoms with Crippen LogP contribution >= 0.6 is 11.6 Å². The number of nitrogens with zero attached hydrogens (tertiary/aromatic N) is 5. The number of carbonyl (C=O) groups is 2. The van der Waals surface area contributed by atoms with Crippen LogP contribution in [-0.4, -0.2) is 52.8 Å². The minimum atomic E-state index is -0.455. The molecule has 12 heteroatoms. The van der Waals surface area contributed by atoms with E-state index in [2.05, 4.69) is 41.8 Å². The third kappa shape index (κ3) is 5.47. The van der Waals surface area contributed by atoms with Crippen molar-refractivity contribution in [1.29, 1.82) is 0 Å². The predicted octanol–water partition coefficient (Wildman–Crippen LogP) is 3.95. The van der Waals surface area contributed by atoms with E-state index < -0.39 is 5.91 Å². The molecule has 3 heterocycles. The second-order valence-electron chi connectivity index (χ2n) is 8.43. The van der Waals surface area contributed by atoms with Gasteiger partial charge in [-0.25, -0.2) is 9.67 Å². The first-order valence-electron chi connectivity index (χ1n) is 11.8. The van der Waals surface area contributed by atoms with E-state index in [0.29, 0.717) is 36.1 Å². The molecule has 0 bridgehead atoms. The Bertz CT molecular complexity index is 1500. The summed E-state index contributed by atoms with van der Waals surface area (Å²) in [5.41, 5.74) is 5.31. The van der Waals surface area contributed by atoms with Crippen molar-refractivity contribution in [2.24, 2.45) is 10.3 Å². The van der Waals surface area contributed by atoms with Crippen LogP contribution in [0.1, 0.15) is 20.8 Å². The van der Waals surface area contributed by atoms with Crippen LogP contribution in [0.15, 0.2) is 83.1 Å². The lowest BCUT2D eigenvalue weighted by Gasteiger charge is -2.11. The Morgan fingerprint density at radius 2 is 1.89 bits per heavy atom. The lowest BCUT2D eigenvalue weighted by atomic mass is 10.1. The van der Waals surface area contributed by atoms with Gasteiger partial charge in [0.1, 0.15) is 11.6 Å². The van der Waals surface area contributed by atoms with Crippen molar-refractivity contribution < 1.29 is 9.59 Å². The highest BCUT2D eigenvalue weighted by atomic mass is 35.5. The number of aromatic nitrogens is 3. The number of amides is 2. The average Bonchev–Trinajstić information content (AvgIpc) is 3.63. The summed E-state index contributed by atoms with van der Waals surface area (Å²) >= 11 is 6.42. The zero-order valence-corrected chi connectivity index (χ0v) is 21.1. The highest BCUT2D eigenvalue weighted by Crippen LogP contribution is 2.26. The Morgan fingerprint density at radius 1 is 1.05 bits per heavy atom. The molecule has 2 amide bonds. The van der Waals surface area contributed by atoms with E-state index in [1.165, 1.54) is 10.7 Å². The van der Waals surface area contributed by atoms with Crippen molar-refractivity contribution in [1.82, 2.24) is 25.5 Å². The number of halogens is 1. The number of hydrogen-bond donors (Lipinski definition) is 4. The molecule has 2 aromatic heterocycles. The van der Waals surface area contributed by atoms with Crippen LogP contribution in [0.4, 0.5) is 11.6 Å². The maximum Gasteiger partial charge on any atom is 0.271 e. The van der Waals surface area contributed by atoms with Crippen LogP contribution in [0.3, 0.4) is 0 Å². The monoisotopic (exact) mass is 529 g/mol. The zero-order chi connectivity index (χ0) is 26.5. The van der Waals surface area contributed by atoms with Gasteiger partial charge in [0.2, 0.25) is 0 Å². The molecule has 1 atom stereocenters. The largest absolute Gasteiger partial charge is 0.373 e. The van der Waals surface area contributed by atoms with Crippen LogP contribution in [0.2, 0.25) is 5.02 Å². The molecule has 4 N–H and O–H groups in total.